The Balaban J connectivity index is 1.98. The van der Waals surface area contributed by atoms with E-state index in [1.165, 1.54) is 30.4 Å². The number of fused-ring (bicyclic) bond motifs is 1. The van der Waals surface area contributed by atoms with Crippen molar-refractivity contribution in [1.82, 2.24) is 9.88 Å². The lowest BCUT2D eigenvalue weighted by atomic mass is 9.90. The molecule has 1 aromatic heterocycles. The van der Waals surface area contributed by atoms with Crippen LogP contribution in [0.2, 0.25) is 0 Å². The van der Waals surface area contributed by atoms with Gasteiger partial charge in [0.15, 0.2) is 0 Å². The fourth-order valence-electron chi connectivity index (χ4n) is 3.26. The Morgan fingerprint density at radius 1 is 1.09 bits per heavy atom. The second kappa shape index (κ2) is 6.49. The summed E-state index contributed by atoms with van der Waals surface area (Å²) in [5.41, 5.74) is 5.99. The van der Waals surface area contributed by atoms with Crippen LogP contribution in [-0.4, -0.2) is 11.1 Å². The number of pyridine rings is 1. The normalized spacial score (nSPS) is 13.9. The molecular weight excluding hydrogens is 272 g/mol. The number of aryl methyl sites for hydroxylation is 2. The first kappa shape index (κ1) is 15.0. The minimum Gasteiger partial charge on any atom is -0.313 e. The maximum Gasteiger partial charge on any atom is 0.255 e. The summed E-state index contributed by atoms with van der Waals surface area (Å²) in [4.78, 5) is 12.5. The lowest BCUT2D eigenvalue weighted by molar-refractivity contribution is 0.685. The van der Waals surface area contributed by atoms with Gasteiger partial charge in [-0.05, 0) is 61.1 Å². The van der Waals surface area contributed by atoms with Crippen LogP contribution in [0.1, 0.15) is 36.5 Å². The maximum absolute atomic E-state index is 12.5. The first-order valence-corrected chi connectivity index (χ1v) is 8.22. The molecule has 116 valence electrons. The van der Waals surface area contributed by atoms with Crippen molar-refractivity contribution < 1.29 is 0 Å². The number of hydrogen-bond acceptors (Lipinski definition) is 2. The van der Waals surface area contributed by atoms with E-state index in [1.54, 1.807) is 4.57 Å². The quantitative estimate of drug-likeness (QED) is 0.941. The highest BCUT2D eigenvalue weighted by Gasteiger charge is 2.12. The molecule has 0 bridgehead atoms. The van der Waals surface area contributed by atoms with Crippen LogP contribution in [0.15, 0.2) is 35.1 Å². The molecule has 0 atom stereocenters. The highest BCUT2D eigenvalue weighted by molar-refractivity contribution is 5.62. The second-order valence-electron chi connectivity index (χ2n) is 6.08. The van der Waals surface area contributed by atoms with Crippen molar-refractivity contribution in [3.05, 3.63) is 57.4 Å². The summed E-state index contributed by atoms with van der Waals surface area (Å²) in [7, 11) is 1.87. The molecule has 0 amide bonds. The van der Waals surface area contributed by atoms with E-state index >= 15 is 0 Å². The van der Waals surface area contributed by atoms with E-state index in [0.29, 0.717) is 6.54 Å². The molecule has 3 rings (SSSR count). The van der Waals surface area contributed by atoms with Gasteiger partial charge in [-0.25, -0.2) is 0 Å². The lowest BCUT2D eigenvalue weighted by Crippen LogP contribution is -2.26. The molecule has 1 aliphatic carbocycles. The van der Waals surface area contributed by atoms with Gasteiger partial charge in [0.05, 0.1) is 5.69 Å². The summed E-state index contributed by atoms with van der Waals surface area (Å²) in [5, 5.41) is 3.22. The molecule has 1 aliphatic rings. The Morgan fingerprint density at radius 3 is 2.64 bits per heavy atom. The molecule has 0 spiro atoms. The molecule has 0 fully saturated rings. The number of nitrogens with one attached hydrogen (secondary N) is 1. The van der Waals surface area contributed by atoms with Crippen LogP contribution in [0.5, 0.6) is 0 Å². The smallest absolute Gasteiger partial charge is 0.255 e. The van der Waals surface area contributed by atoms with Crippen LogP contribution < -0.4 is 10.9 Å². The Morgan fingerprint density at radius 2 is 1.86 bits per heavy atom. The first-order valence-electron chi connectivity index (χ1n) is 8.22. The largest absolute Gasteiger partial charge is 0.313 e. The zero-order chi connectivity index (χ0) is 15.5. The van der Waals surface area contributed by atoms with Gasteiger partial charge in [0.25, 0.3) is 5.56 Å². The van der Waals surface area contributed by atoms with Crippen LogP contribution in [-0.2, 0) is 26.4 Å². The zero-order valence-corrected chi connectivity index (χ0v) is 13.5. The zero-order valence-electron chi connectivity index (χ0n) is 13.5. The van der Waals surface area contributed by atoms with E-state index in [1.807, 2.05) is 20.0 Å². The first-order chi connectivity index (χ1) is 10.7. The maximum atomic E-state index is 12.5. The SMILES string of the molecule is CCNCc1ccc(-c2ccc3c(c2)CCCC3)n(C)c1=O. The number of nitrogens with zero attached hydrogens (tertiary/aromatic N) is 1. The minimum absolute atomic E-state index is 0.0937. The molecule has 1 heterocycles. The summed E-state index contributed by atoms with van der Waals surface area (Å²) in [6, 6.07) is 10.7. The number of rotatable bonds is 4. The number of benzene rings is 1. The van der Waals surface area contributed by atoms with Gasteiger partial charge in [0.2, 0.25) is 0 Å². The monoisotopic (exact) mass is 296 g/mol. The van der Waals surface area contributed by atoms with E-state index in [-0.39, 0.29) is 5.56 Å². The van der Waals surface area contributed by atoms with E-state index < -0.39 is 0 Å². The van der Waals surface area contributed by atoms with E-state index in [9.17, 15) is 4.79 Å². The predicted octanol–water partition coefficient (Wildman–Crippen LogP) is 3.04. The Labute approximate surface area is 132 Å². The van der Waals surface area contributed by atoms with Crippen molar-refractivity contribution in [3.8, 4) is 11.3 Å². The fourth-order valence-corrected chi connectivity index (χ4v) is 3.26. The fraction of sp³-hybridized carbons (Fsp3) is 0.421. The molecule has 0 aliphatic heterocycles. The van der Waals surface area contributed by atoms with Crippen LogP contribution in [0.3, 0.4) is 0 Å². The molecule has 2 aromatic rings. The molecule has 3 heteroatoms. The van der Waals surface area contributed by atoms with E-state index in [2.05, 4.69) is 29.6 Å². The number of aromatic nitrogens is 1. The highest BCUT2D eigenvalue weighted by Crippen LogP contribution is 2.26. The van der Waals surface area contributed by atoms with Crippen LogP contribution in [0.25, 0.3) is 11.3 Å². The van der Waals surface area contributed by atoms with Gasteiger partial charge in [-0.3, -0.25) is 4.79 Å². The third-order valence-corrected chi connectivity index (χ3v) is 4.59. The van der Waals surface area contributed by atoms with Crippen molar-refractivity contribution in [2.45, 2.75) is 39.2 Å². The third kappa shape index (κ3) is 2.86. The van der Waals surface area contributed by atoms with Gasteiger partial charge in [0.1, 0.15) is 0 Å². The average Bonchev–Trinajstić information content (AvgIpc) is 2.56. The lowest BCUT2D eigenvalue weighted by Gasteiger charge is -2.18. The van der Waals surface area contributed by atoms with Gasteiger partial charge >= 0.3 is 0 Å². The summed E-state index contributed by atoms with van der Waals surface area (Å²) in [6.45, 7) is 3.55. The topological polar surface area (TPSA) is 34.0 Å². The Bertz CT molecular complexity index is 731. The molecule has 0 saturated heterocycles. The standard InChI is InChI=1S/C19H24N2O/c1-3-20-13-17-10-11-18(21(2)19(17)22)16-9-8-14-6-4-5-7-15(14)12-16/h8-12,20H,3-7,13H2,1-2H3. The van der Waals surface area contributed by atoms with Crippen molar-refractivity contribution in [1.29, 1.82) is 0 Å². The summed E-state index contributed by atoms with van der Waals surface area (Å²) >= 11 is 0. The van der Waals surface area contributed by atoms with Gasteiger partial charge < -0.3 is 9.88 Å². The third-order valence-electron chi connectivity index (χ3n) is 4.59. The molecule has 3 nitrogen and oxygen atoms in total. The minimum atomic E-state index is 0.0937. The van der Waals surface area contributed by atoms with Crippen molar-refractivity contribution in [2.75, 3.05) is 6.54 Å². The number of hydrogen-bond donors (Lipinski definition) is 1. The van der Waals surface area contributed by atoms with Crippen LogP contribution in [0, 0.1) is 0 Å². The van der Waals surface area contributed by atoms with Gasteiger partial charge in [0, 0.05) is 19.2 Å². The predicted molar refractivity (Wildman–Crippen MR) is 91.1 cm³/mol. The molecule has 1 aromatic carbocycles. The van der Waals surface area contributed by atoms with Crippen LogP contribution in [0.4, 0.5) is 0 Å². The summed E-state index contributed by atoms with van der Waals surface area (Å²) in [6.07, 6.45) is 4.92. The van der Waals surface area contributed by atoms with Crippen LogP contribution >= 0.6 is 0 Å². The Hall–Kier alpha value is -1.87. The molecule has 0 unspecified atom stereocenters. The highest BCUT2D eigenvalue weighted by atomic mass is 16.1. The van der Waals surface area contributed by atoms with E-state index in [4.69, 9.17) is 0 Å². The van der Waals surface area contributed by atoms with E-state index in [0.717, 1.165) is 29.8 Å². The van der Waals surface area contributed by atoms with Crippen molar-refractivity contribution in [3.63, 3.8) is 0 Å². The molecule has 1 N–H and O–H groups in total. The molecule has 22 heavy (non-hydrogen) atoms. The van der Waals surface area contributed by atoms with Crippen molar-refractivity contribution in [2.24, 2.45) is 7.05 Å². The van der Waals surface area contributed by atoms with Gasteiger partial charge in [-0.15, -0.1) is 0 Å². The summed E-state index contributed by atoms with van der Waals surface area (Å²) < 4.78 is 1.78. The molecular formula is C19H24N2O. The summed E-state index contributed by atoms with van der Waals surface area (Å²) in [5.74, 6) is 0. The Kier molecular flexibility index (Phi) is 4.44. The van der Waals surface area contributed by atoms with Crippen molar-refractivity contribution >= 4 is 0 Å². The molecule has 0 radical (unpaired) electrons. The molecule has 0 saturated carbocycles. The second-order valence-corrected chi connectivity index (χ2v) is 6.08. The van der Waals surface area contributed by atoms with Gasteiger partial charge in [-0.2, -0.15) is 0 Å². The van der Waals surface area contributed by atoms with Gasteiger partial charge in [-0.1, -0.05) is 25.1 Å². The average molecular weight is 296 g/mol.